The lowest BCUT2D eigenvalue weighted by Gasteiger charge is -2.23. The van der Waals surface area contributed by atoms with Gasteiger partial charge in [0, 0.05) is 25.9 Å². The number of carbonyl (C=O) groups is 2. The summed E-state index contributed by atoms with van der Waals surface area (Å²) in [6.45, 7) is 8.13. The van der Waals surface area contributed by atoms with Gasteiger partial charge in [0.05, 0.1) is 17.6 Å². The molecule has 0 bridgehead atoms. The highest BCUT2D eigenvalue weighted by Crippen LogP contribution is 2.21. The van der Waals surface area contributed by atoms with Crippen molar-refractivity contribution < 1.29 is 9.59 Å². The molecule has 1 N–H and O–H groups in total. The molecule has 0 unspecified atom stereocenters. The lowest BCUT2D eigenvalue weighted by atomic mass is 10.1. The lowest BCUT2D eigenvalue weighted by Crippen LogP contribution is -2.36. The van der Waals surface area contributed by atoms with Gasteiger partial charge in [-0.15, -0.1) is 0 Å². The number of nitrogens with one attached hydrogen (secondary N) is 1. The van der Waals surface area contributed by atoms with Crippen LogP contribution < -0.4 is 5.32 Å². The molecule has 0 spiro atoms. The number of anilines is 1. The SMILES string of the molecule is CCN(CC)CCn1c(NC(=O)C2=NN(Cc3ccccc3)C(=O)CC2)nc2ccccc21. The zero-order chi connectivity index (χ0) is 23.2. The predicted octanol–water partition coefficient (Wildman–Crippen LogP) is 3.50. The van der Waals surface area contributed by atoms with E-state index in [4.69, 9.17) is 0 Å². The number of fused-ring (bicyclic) bond motifs is 1. The Labute approximate surface area is 193 Å². The molecule has 3 aromatic rings. The molecule has 0 saturated heterocycles. The Morgan fingerprint density at radius 1 is 1.03 bits per heavy atom. The highest BCUT2D eigenvalue weighted by atomic mass is 16.2. The van der Waals surface area contributed by atoms with Crippen molar-refractivity contribution in [1.82, 2.24) is 19.5 Å². The number of hydrogen-bond donors (Lipinski definition) is 1. The van der Waals surface area contributed by atoms with E-state index in [0.717, 1.165) is 36.2 Å². The van der Waals surface area contributed by atoms with Crippen LogP contribution in [0.1, 0.15) is 32.3 Å². The van der Waals surface area contributed by atoms with Crippen molar-refractivity contribution in [3.63, 3.8) is 0 Å². The topological polar surface area (TPSA) is 82.8 Å². The Bertz CT molecular complexity index is 1150. The predicted molar refractivity (Wildman–Crippen MR) is 130 cm³/mol. The van der Waals surface area contributed by atoms with Gasteiger partial charge in [-0.1, -0.05) is 56.3 Å². The van der Waals surface area contributed by atoms with Gasteiger partial charge in [-0.25, -0.2) is 9.99 Å². The fourth-order valence-electron chi connectivity index (χ4n) is 4.00. The van der Waals surface area contributed by atoms with Gasteiger partial charge in [0.15, 0.2) is 0 Å². The molecule has 172 valence electrons. The van der Waals surface area contributed by atoms with E-state index in [1.165, 1.54) is 5.01 Å². The molecule has 0 radical (unpaired) electrons. The third-order valence-electron chi connectivity index (χ3n) is 5.96. The lowest BCUT2D eigenvalue weighted by molar-refractivity contribution is -0.132. The number of benzene rings is 2. The van der Waals surface area contributed by atoms with Crippen LogP contribution in [0.15, 0.2) is 59.7 Å². The third kappa shape index (κ3) is 5.28. The number of likely N-dealkylation sites (N-methyl/N-ethyl adjacent to an activating group) is 1. The highest BCUT2D eigenvalue weighted by molar-refractivity contribution is 6.43. The molecule has 8 heteroatoms. The van der Waals surface area contributed by atoms with E-state index in [-0.39, 0.29) is 18.2 Å². The van der Waals surface area contributed by atoms with Gasteiger partial charge in [0.1, 0.15) is 5.71 Å². The van der Waals surface area contributed by atoms with Crippen LogP contribution >= 0.6 is 0 Å². The number of imidazole rings is 1. The second-order valence-corrected chi connectivity index (χ2v) is 8.04. The Morgan fingerprint density at radius 3 is 2.52 bits per heavy atom. The van der Waals surface area contributed by atoms with Crippen LogP contribution in [0, 0.1) is 0 Å². The molecule has 4 rings (SSSR count). The summed E-state index contributed by atoms with van der Waals surface area (Å²) in [4.78, 5) is 32.5. The quantitative estimate of drug-likeness (QED) is 0.545. The first-order valence-electron chi connectivity index (χ1n) is 11.5. The minimum atomic E-state index is -0.319. The van der Waals surface area contributed by atoms with Crippen LogP contribution in [0.2, 0.25) is 0 Å². The van der Waals surface area contributed by atoms with Crippen LogP contribution in [0.5, 0.6) is 0 Å². The summed E-state index contributed by atoms with van der Waals surface area (Å²) in [6, 6.07) is 17.5. The molecule has 0 fully saturated rings. The largest absolute Gasteiger partial charge is 0.309 e. The van der Waals surface area contributed by atoms with Gasteiger partial charge in [0.25, 0.3) is 5.91 Å². The van der Waals surface area contributed by atoms with Crippen LogP contribution in [-0.4, -0.2) is 56.6 Å². The first-order chi connectivity index (χ1) is 16.1. The van der Waals surface area contributed by atoms with E-state index >= 15 is 0 Å². The van der Waals surface area contributed by atoms with Gasteiger partial charge in [-0.3, -0.25) is 14.9 Å². The molecule has 2 amide bonds. The van der Waals surface area contributed by atoms with Crippen molar-refractivity contribution in [3.05, 3.63) is 60.2 Å². The van der Waals surface area contributed by atoms with Gasteiger partial charge < -0.3 is 9.47 Å². The van der Waals surface area contributed by atoms with Gasteiger partial charge in [-0.2, -0.15) is 5.10 Å². The second-order valence-electron chi connectivity index (χ2n) is 8.04. The first kappa shape index (κ1) is 22.7. The van der Waals surface area contributed by atoms with E-state index in [2.05, 4.69) is 34.1 Å². The van der Waals surface area contributed by atoms with E-state index in [9.17, 15) is 9.59 Å². The molecule has 1 aliphatic heterocycles. The van der Waals surface area contributed by atoms with Crippen molar-refractivity contribution >= 4 is 34.5 Å². The number of rotatable bonds is 9. The summed E-state index contributed by atoms with van der Waals surface area (Å²) in [6.07, 6.45) is 0.576. The maximum Gasteiger partial charge on any atom is 0.274 e. The fourth-order valence-corrected chi connectivity index (χ4v) is 4.00. The fraction of sp³-hybridized carbons (Fsp3) is 0.360. The molecule has 0 aliphatic carbocycles. The van der Waals surface area contributed by atoms with E-state index < -0.39 is 0 Å². The monoisotopic (exact) mass is 446 g/mol. The van der Waals surface area contributed by atoms with Gasteiger partial charge >= 0.3 is 0 Å². The number of nitrogens with zero attached hydrogens (tertiary/aromatic N) is 5. The Morgan fingerprint density at radius 2 is 1.76 bits per heavy atom. The van der Waals surface area contributed by atoms with E-state index in [1.807, 2.05) is 59.2 Å². The van der Waals surface area contributed by atoms with Crippen LogP contribution in [0.25, 0.3) is 11.0 Å². The van der Waals surface area contributed by atoms with Gasteiger partial charge in [0.2, 0.25) is 11.9 Å². The molecule has 1 aromatic heterocycles. The van der Waals surface area contributed by atoms with Crippen LogP contribution in [0.3, 0.4) is 0 Å². The maximum absolute atomic E-state index is 13.1. The summed E-state index contributed by atoms with van der Waals surface area (Å²) in [5.74, 6) is 0.101. The zero-order valence-corrected chi connectivity index (χ0v) is 19.2. The average Bonchev–Trinajstić information content (AvgIpc) is 3.18. The number of aromatic nitrogens is 2. The number of hydrazone groups is 1. The van der Waals surface area contributed by atoms with Crippen molar-refractivity contribution in [2.75, 3.05) is 25.0 Å². The molecule has 33 heavy (non-hydrogen) atoms. The first-order valence-corrected chi connectivity index (χ1v) is 11.5. The van der Waals surface area contributed by atoms with Gasteiger partial charge in [-0.05, 0) is 30.8 Å². The Hall–Kier alpha value is -3.52. The Balaban J connectivity index is 1.54. The smallest absolute Gasteiger partial charge is 0.274 e. The average molecular weight is 447 g/mol. The summed E-state index contributed by atoms with van der Waals surface area (Å²) in [7, 11) is 0. The van der Waals surface area contributed by atoms with Crippen LogP contribution in [0.4, 0.5) is 5.95 Å². The minimum absolute atomic E-state index is 0.0816. The molecule has 0 atom stereocenters. The number of hydrogen-bond acceptors (Lipinski definition) is 5. The third-order valence-corrected chi connectivity index (χ3v) is 5.96. The Kier molecular flexibility index (Phi) is 7.14. The zero-order valence-electron chi connectivity index (χ0n) is 19.2. The minimum Gasteiger partial charge on any atom is -0.309 e. The summed E-state index contributed by atoms with van der Waals surface area (Å²) < 4.78 is 2.04. The molecule has 0 saturated carbocycles. The van der Waals surface area contributed by atoms with Crippen molar-refractivity contribution in [2.24, 2.45) is 5.10 Å². The number of para-hydroxylation sites is 2. The molecular formula is C25H30N6O2. The molecule has 2 aromatic carbocycles. The number of amides is 2. The molecule has 1 aliphatic rings. The standard InChI is InChI=1S/C25H30N6O2/c1-3-29(4-2)16-17-30-22-13-9-8-12-20(22)26-25(30)27-24(33)21-14-15-23(32)31(28-21)18-19-10-6-5-7-11-19/h5-13H,3-4,14-18H2,1-2H3,(H,26,27,33). The maximum atomic E-state index is 13.1. The molecular weight excluding hydrogens is 416 g/mol. The second kappa shape index (κ2) is 10.4. The summed E-state index contributed by atoms with van der Waals surface area (Å²) in [5.41, 5.74) is 3.12. The highest BCUT2D eigenvalue weighted by Gasteiger charge is 2.26. The van der Waals surface area contributed by atoms with Crippen molar-refractivity contribution in [1.29, 1.82) is 0 Å². The van der Waals surface area contributed by atoms with E-state index in [1.54, 1.807) is 0 Å². The van der Waals surface area contributed by atoms with Crippen molar-refractivity contribution in [2.45, 2.75) is 39.8 Å². The normalized spacial score (nSPS) is 14.1. The van der Waals surface area contributed by atoms with E-state index in [0.29, 0.717) is 31.2 Å². The van der Waals surface area contributed by atoms with Crippen LogP contribution in [-0.2, 0) is 22.7 Å². The van der Waals surface area contributed by atoms with Crippen molar-refractivity contribution in [3.8, 4) is 0 Å². The molecule has 2 heterocycles. The number of carbonyl (C=O) groups excluding carboxylic acids is 2. The summed E-state index contributed by atoms with van der Waals surface area (Å²) in [5, 5.41) is 8.72. The molecule has 8 nitrogen and oxygen atoms in total. The summed E-state index contributed by atoms with van der Waals surface area (Å²) >= 11 is 0.